The molecule has 3 rings (SSSR count). The second-order valence-corrected chi connectivity index (χ2v) is 5.92. The van der Waals surface area contributed by atoms with Gasteiger partial charge in [0.2, 0.25) is 0 Å². The highest BCUT2D eigenvalue weighted by atomic mass is 16.5. The Labute approximate surface area is 142 Å². The van der Waals surface area contributed by atoms with Crippen molar-refractivity contribution >= 4 is 16.7 Å². The van der Waals surface area contributed by atoms with Crippen molar-refractivity contribution in [2.45, 2.75) is 12.8 Å². The van der Waals surface area contributed by atoms with Gasteiger partial charge in [0.1, 0.15) is 5.75 Å². The fourth-order valence-corrected chi connectivity index (χ4v) is 2.81. The molecule has 3 aromatic carbocycles. The van der Waals surface area contributed by atoms with Gasteiger partial charge in [-0.1, -0.05) is 61.5 Å². The molecule has 0 fully saturated rings. The molecule has 0 bridgehead atoms. The fraction of sp³-hybridized carbons (Fsp3) is 0.190. The molecule has 0 radical (unpaired) electrons. The molecule has 0 aliphatic carbocycles. The number of ether oxygens (including phenoxy) is 1. The first kappa shape index (κ1) is 16.1. The Morgan fingerprint density at radius 2 is 1.62 bits per heavy atom. The van der Waals surface area contributed by atoms with Crippen LogP contribution in [0.25, 0.3) is 10.8 Å². The van der Waals surface area contributed by atoms with Gasteiger partial charge in [-0.2, -0.15) is 0 Å². The van der Waals surface area contributed by atoms with Gasteiger partial charge >= 0.3 is 0 Å². The molecular weight excluding hydrogens is 298 g/mol. The van der Waals surface area contributed by atoms with Crippen molar-refractivity contribution in [2.75, 3.05) is 13.7 Å². The lowest BCUT2D eigenvalue weighted by atomic mass is 10.0. The number of hydrogen-bond acceptors (Lipinski definition) is 2. The minimum absolute atomic E-state index is 0.111. The van der Waals surface area contributed by atoms with Crippen molar-refractivity contribution in [3.63, 3.8) is 0 Å². The van der Waals surface area contributed by atoms with Gasteiger partial charge in [0.25, 0.3) is 5.91 Å². The highest BCUT2D eigenvalue weighted by molar-refractivity contribution is 6.01. The molecule has 122 valence electrons. The number of carbonyl (C=O) groups is 1. The average Bonchev–Trinajstić information content (AvgIpc) is 2.65. The summed E-state index contributed by atoms with van der Waals surface area (Å²) in [6.07, 6.45) is 0. The summed E-state index contributed by atoms with van der Waals surface area (Å²) >= 11 is 0. The minimum atomic E-state index is -0.111. The van der Waals surface area contributed by atoms with Crippen LogP contribution in [0.3, 0.4) is 0 Å². The van der Waals surface area contributed by atoms with Gasteiger partial charge in [-0.05, 0) is 34.4 Å². The highest BCUT2D eigenvalue weighted by Crippen LogP contribution is 2.26. The Morgan fingerprint density at radius 3 is 2.29 bits per heavy atom. The topological polar surface area (TPSA) is 38.3 Å². The van der Waals surface area contributed by atoms with Gasteiger partial charge in [-0.15, -0.1) is 0 Å². The maximum Gasteiger partial charge on any atom is 0.255 e. The van der Waals surface area contributed by atoms with E-state index < -0.39 is 0 Å². The molecule has 1 atom stereocenters. The van der Waals surface area contributed by atoms with Crippen LogP contribution in [0.1, 0.15) is 28.8 Å². The van der Waals surface area contributed by atoms with Crippen LogP contribution >= 0.6 is 0 Å². The van der Waals surface area contributed by atoms with Crippen LogP contribution in [0, 0.1) is 0 Å². The van der Waals surface area contributed by atoms with E-state index in [1.165, 1.54) is 5.56 Å². The van der Waals surface area contributed by atoms with E-state index in [2.05, 4.69) is 24.4 Å². The number of methoxy groups -OCH3 is 1. The Kier molecular flexibility index (Phi) is 4.80. The van der Waals surface area contributed by atoms with E-state index in [0.29, 0.717) is 17.9 Å². The molecule has 0 saturated carbocycles. The van der Waals surface area contributed by atoms with E-state index in [9.17, 15) is 4.79 Å². The van der Waals surface area contributed by atoms with E-state index in [-0.39, 0.29) is 11.8 Å². The zero-order valence-corrected chi connectivity index (χ0v) is 14.0. The highest BCUT2D eigenvalue weighted by Gasteiger charge is 2.15. The number of amides is 1. The van der Waals surface area contributed by atoms with Crippen molar-refractivity contribution in [1.82, 2.24) is 5.32 Å². The summed E-state index contributed by atoms with van der Waals surface area (Å²) in [6, 6.07) is 21.9. The van der Waals surface area contributed by atoms with Gasteiger partial charge in [0.05, 0.1) is 12.7 Å². The minimum Gasteiger partial charge on any atom is -0.496 e. The van der Waals surface area contributed by atoms with Gasteiger partial charge in [0, 0.05) is 6.54 Å². The number of nitrogens with one attached hydrogen (secondary N) is 1. The zero-order valence-electron chi connectivity index (χ0n) is 14.0. The van der Waals surface area contributed by atoms with Crippen LogP contribution in [-0.4, -0.2) is 19.6 Å². The Morgan fingerprint density at radius 1 is 1.00 bits per heavy atom. The summed E-state index contributed by atoms with van der Waals surface area (Å²) in [4.78, 5) is 12.6. The molecule has 24 heavy (non-hydrogen) atoms. The number of fused-ring (bicyclic) bond motifs is 1. The molecule has 3 heteroatoms. The van der Waals surface area contributed by atoms with Crippen LogP contribution in [0.2, 0.25) is 0 Å². The lowest BCUT2D eigenvalue weighted by molar-refractivity contribution is 0.0949. The molecule has 0 aliphatic heterocycles. The Bertz CT molecular complexity index is 843. The predicted molar refractivity (Wildman–Crippen MR) is 97.7 cm³/mol. The molecule has 1 N–H and O–H groups in total. The standard InChI is InChI=1S/C21H21NO2/c1-15(16-8-4-3-5-9-16)14-22-21(23)19-12-17-10-6-7-11-18(17)13-20(19)24-2/h3-13,15H,14H2,1-2H3,(H,22,23)/t15-/m1/s1. The van der Waals surface area contributed by atoms with Gasteiger partial charge in [-0.3, -0.25) is 4.79 Å². The molecule has 0 heterocycles. The van der Waals surface area contributed by atoms with Crippen molar-refractivity contribution in [3.05, 3.63) is 77.9 Å². The summed E-state index contributed by atoms with van der Waals surface area (Å²) in [5.41, 5.74) is 1.78. The third kappa shape index (κ3) is 3.40. The number of hydrogen-bond donors (Lipinski definition) is 1. The van der Waals surface area contributed by atoms with Crippen LogP contribution in [0.5, 0.6) is 5.75 Å². The predicted octanol–water partition coefficient (Wildman–Crippen LogP) is 4.38. The van der Waals surface area contributed by atoms with E-state index in [1.807, 2.05) is 54.6 Å². The van der Waals surface area contributed by atoms with Crippen molar-refractivity contribution < 1.29 is 9.53 Å². The number of benzene rings is 3. The molecular formula is C21H21NO2. The monoisotopic (exact) mass is 319 g/mol. The molecule has 0 aliphatic rings. The molecule has 3 aromatic rings. The smallest absolute Gasteiger partial charge is 0.255 e. The van der Waals surface area contributed by atoms with Gasteiger partial charge < -0.3 is 10.1 Å². The van der Waals surface area contributed by atoms with Crippen LogP contribution < -0.4 is 10.1 Å². The summed E-state index contributed by atoms with van der Waals surface area (Å²) in [6.45, 7) is 2.69. The number of carbonyl (C=O) groups excluding carboxylic acids is 1. The summed E-state index contributed by atoms with van der Waals surface area (Å²) in [5.74, 6) is 0.737. The maximum atomic E-state index is 12.6. The lowest BCUT2D eigenvalue weighted by Crippen LogP contribution is -2.27. The lowest BCUT2D eigenvalue weighted by Gasteiger charge is -2.15. The summed E-state index contributed by atoms with van der Waals surface area (Å²) < 4.78 is 5.41. The molecule has 0 saturated heterocycles. The second kappa shape index (κ2) is 7.18. The Balaban J connectivity index is 1.78. The molecule has 1 amide bonds. The largest absolute Gasteiger partial charge is 0.496 e. The van der Waals surface area contributed by atoms with Crippen LogP contribution in [0.15, 0.2) is 66.7 Å². The molecule has 0 spiro atoms. The normalized spacial score (nSPS) is 11.9. The van der Waals surface area contributed by atoms with Crippen LogP contribution in [-0.2, 0) is 0 Å². The van der Waals surface area contributed by atoms with Crippen molar-refractivity contribution in [1.29, 1.82) is 0 Å². The van der Waals surface area contributed by atoms with E-state index in [1.54, 1.807) is 7.11 Å². The Hall–Kier alpha value is -2.81. The third-order valence-corrected chi connectivity index (χ3v) is 4.25. The first-order valence-electron chi connectivity index (χ1n) is 8.09. The summed E-state index contributed by atoms with van der Waals surface area (Å²) in [5, 5.41) is 5.10. The van der Waals surface area contributed by atoms with E-state index in [0.717, 1.165) is 10.8 Å². The maximum absolute atomic E-state index is 12.6. The first-order chi connectivity index (χ1) is 11.7. The summed E-state index contributed by atoms with van der Waals surface area (Å²) in [7, 11) is 1.59. The molecule has 0 unspecified atom stereocenters. The van der Waals surface area contributed by atoms with Crippen LogP contribution in [0.4, 0.5) is 0 Å². The van der Waals surface area contributed by atoms with Crippen molar-refractivity contribution in [2.24, 2.45) is 0 Å². The van der Waals surface area contributed by atoms with E-state index in [4.69, 9.17) is 4.74 Å². The quantitative estimate of drug-likeness (QED) is 0.758. The molecule has 3 nitrogen and oxygen atoms in total. The zero-order chi connectivity index (χ0) is 16.9. The van der Waals surface area contributed by atoms with Gasteiger partial charge in [0.15, 0.2) is 0 Å². The molecule has 0 aromatic heterocycles. The van der Waals surface area contributed by atoms with E-state index >= 15 is 0 Å². The average molecular weight is 319 g/mol. The number of rotatable bonds is 5. The second-order valence-electron chi connectivity index (χ2n) is 5.92. The first-order valence-corrected chi connectivity index (χ1v) is 8.09. The van der Waals surface area contributed by atoms with Crippen molar-refractivity contribution in [3.8, 4) is 5.75 Å². The van der Waals surface area contributed by atoms with Gasteiger partial charge in [-0.25, -0.2) is 0 Å². The SMILES string of the molecule is COc1cc2ccccc2cc1C(=O)NC[C@@H](C)c1ccccc1. The third-order valence-electron chi connectivity index (χ3n) is 4.25. The fourth-order valence-electron chi connectivity index (χ4n) is 2.81.